The van der Waals surface area contributed by atoms with Crippen molar-refractivity contribution >= 4 is 27.3 Å². The van der Waals surface area contributed by atoms with E-state index in [-0.39, 0.29) is 17.4 Å². The molecule has 2 N–H and O–H groups in total. The van der Waals surface area contributed by atoms with E-state index < -0.39 is 16.1 Å². The molecule has 0 unspecified atom stereocenters. The Labute approximate surface area is 179 Å². The number of hydrogen-bond acceptors (Lipinski definition) is 6. The number of rotatable bonds is 6. The summed E-state index contributed by atoms with van der Waals surface area (Å²) in [6.45, 7) is 0.0844. The Hall–Kier alpha value is -3.72. The molecular weight excluding hydrogens is 420 g/mol. The van der Waals surface area contributed by atoms with Crippen molar-refractivity contribution in [1.82, 2.24) is 0 Å². The highest BCUT2D eigenvalue weighted by Crippen LogP contribution is 2.31. The Morgan fingerprint density at radius 2 is 1.58 bits per heavy atom. The third-order valence-corrected chi connectivity index (χ3v) is 5.97. The molecule has 0 radical (unpaired) electrons. The van der Waals surface area contributed by atoms with Gasteiger partial charge in [0.2, 0.25) is 6.10 Å². The zero-order valence-electron chi connectivity index (χ0n) is 16.6. The van der Waals surface area contributed by atoms with Gasteiger partial charge in [0, 0.05) is 11.4 Å². The Kier molecular flexibility index (Phi) is 5.68. The minimum Gasteiger partial charge on any atom is -0.497 e. The number of carbonyl (C=O) groups excluding carboxylic acids is 1. The Morgan fingerprint density at radius 3 is 2.26 bits per heavy atom. The normalized spacial score (nSPS) is 15.1. The quantitative estimate of drug-likeness (QED) is 0.610. The smallest absolute Gasteiger partial charge is 0.269 e. The van der Waals surface area contributed by atoms with Crippen molar-refractivity contribution in [1.29, 1.82) is 0 Å². The largest absolute Gasteiger partial charge is 0.497 e. The lowest BCUT2D eigenvalue weighted by atomic mass is 10.2. The summed E-state index contributed by atoms with van der Waals surface area (Å²) >= 11 is 0. The molecule has 3 aromatic carbocycles. The van der Waals surface area contributed by atoms with Crippen molar-refractivity contribution < 1.29 is 27.4 Å². The fourth-order valence-electron chi connectivity index (χ4n) is 2.96. The third kappa shape index (κ3) is 4.72. The number of benzene rings is 3. The fraction of sp³-hybridized carbons (Fsp3) is 0.136. The van der Waals surface area contributed by atoms with E-state index in [0.29, 0.717) is 28.6 Å². The molecule has 31 heavy (non-hydrogen) atoms. The number of methoxy groups -OCH3 is 1. The molecule has 0 spiro atoms. The van der Waals surface area contributed by atoms with Crippen LogP contribution < -0.4 is 24.2 Å². The SMILES string of the molecule is COc1ccc(NS(=O)(=O)c2ccc(NC(=O)[C@H]3COc4ccccc4O3)cc2)cc1. The number of amides is 1. The van der Waals surface area contributed by atoms with Gasteiger partial charge in [0.25, 0.3) is 15.9 Å². The maximum Gasteiger partial charge on any atom is 0.269 e. The van der Waals surface area contributed by atoms with Crippen LogP contribution in [0.2, 0.25) is 0 Å². The molecular formula is C22H20N2O6S. The van der Waals surface area contributed by atoms with E-state index >= 15 is 0 Å². The molecule has 8 nitrogen and oxygen atoms in total. The zero-order chi connectivity index (χ0) is 21.8. The first-order chi connectivity index (χ1) is 14.9. The van der Waals surface area contributed by atoms with Gasteiger partial charge in [-0.15, -0.1) is 0 Å². The van der Waals surface area contributed by atoms with Gasteiger partial charge in [-0.05, 0) is 60.7 Å². The molecule has 1 heterocycles. The van der Waals surface area contributed by atoms with Gasteiger partial charge in [-0.25, -0.2) is 8.42 Å². The Balaban J connectivity index is 1.40. The van der Waals surface area contributed by atoms with Gasteiger partial charge < -0.3 is 19.5 Å². The molecule has 160 valence electrons. The van der Waals surface area contributed by atoms with Gasteiger partial charge in [-0.3, -0.25) is 9.52 Å². The van der Waals surface area contributed by atoms with Crippen molar-refractivity contribution in [3.05, 3.63) is 72.8 Å². The molecule has 1 atom stereocenters. The number of anilines is 2. The van der Waals surface area contributed by atoms with E-state index in [1.165, 1.54) is 31.4 Å². The van der Waals surface area contributed by atoms with E-state index in [9.17, 15) is 13.2 Å². The summed E-state index contributed by atoms with van der Waals surface area (Å²) in [5.41, 5.74) is 0.851. The van der Waals surface area contributed by atoms with E-state index in [1.807, 2.05) is 6.07 Å². The topological polar surface area (TPSA) is 103 Å². The predicted molar refractivity (Wildman–Crippen MR) is 115 cm³/mol. The van der Waals surface area contributed by atoms with Gasteiger partial charge in [-0.2, -0.15) is 0 Å². The number of ether oxygens (including phenoxy) is 3. The average Bonchev–Trinajstić information content (AvgIpc) is 2.79. The molecule has 0 saturated heterocycles. The maximum absolute atomic E-state index is 12.6. The molecule has 4 rings (SSSR count). The summed E-state index contributed by atoms with van der Waals surface area (Å²) in [6, 6.07) is 19.5. The zero-order valence-corrected chi connectivity index (χ0v) is 17.4. The second kappa shape index (κ2) is 8.57. The minimum atomic E-state index is -3.78. The monoisotopic (exact) mass is 440 g/mol. The average molecular weight is 440 g/mol. The molecule has 1 amide bonds. The number of sulfonamides is 1. The van der Waals surface area contributed by atoms with Gasteiger partial charge in [-0.1, -0.05) is 12.1 Å². The summed E-state index contributed by atoms with van der Waals surface area (Å²) in [6.07, 6.45) is -0.810. The van der Waals surface area contributed by atoms with Gasteiger partial charge >= 0.3 is 0 Å². The highest BCUT2D eigenvalue weighted by molar-refractivity contribution is 7.92. The summed E-state index contributed by atoms with van der Waals surface area (Å²) in [7, 11) is -2.25. The number of nitrogens with one attached hydrogen (secondary N) is 2. The molecule has 0 saturated carbocycles. The van der Waals surface area contributed by atoms with Crippen molar-refractivity contribution in [3.63, 3.8) is 0 Å². The van der Waals surface area contributed by atoms with Gasteiger partial charge in [0.05, 0.1) is 12.0 Å². The summed E-state index contributed by atoms with van der Waals surface area (Å²) in [5, 5.41) is 2.71. The van der Waals surface area contributed by atoms with Crippen LogP contribution >= 0.6 is 0 Å². The molecule has 0 aromatic heterocycles. The second-order valence-electron chi connectivity index (χ2n) is 6.71. The first-order valence-corrected chi connectivity index (χ1v) is 10.9. The van der Waals surface area contributed by atoms with Gasteiger partial charge in [0.15, 0.2) is 11.5 Å². The van der Waals surface area contributed by atoms with Crippen molar-refractivity contribution in [2.24, 2.45) is 0 Å². The Morgan fingerprint density at radius 1 is 0.935 bits per heavy atom. The van der Waals surface area contributed by atoms with Crippen LogP contribution in [0.25, 0.3) is 0 Å². The van der Waals surface area contributed by atoms with Crippen LogP contribution in [0.15, 0.2) is 77.7 Å². The van der Waals surface area contributed by atoms with Crippen molar-refractivity contribution in [2.45, 2.75) is 11.0 Å². The lowest BCUT2D eigenvalue weighted by Gasteiger charge is -2.25. The molecule has 0 fully saturated rings. The van der Waals surface area contributed by atoms with Crippen LogP contribution in [0.5, 0.6) is 17.2 Å². The number of fused-ring (bicyclic) bond motifs is 1. The molecule has 9 heteroatoms. The van der Waals surface area contributed by atoms with Crippen molar-refractivity contribution in [3.8, 4) is 17.2 Å². The van der Waals surface area contributed by atoms with Crippen LogP contribution in [0, 0.1) is 0 Å². The lowest BCUT2D eigenvalue weighted by Crippen LogP contribution is -2.40. The van der Waals surface area contributed by atoms with Crippen LogP contribution in [0.3, 0.4) is 0 Å². The Bertz CT molecular complexity index is 1180. The maximum atomic E-state index is 12.6. The third-order valence-electron chi connectivity index (χ3n) is 4.58. The van der Waals surface area contributed by atoms with E-state index in [4.69, 9.17) is 14.2 Å². The number of para-hydroxylation sites is 2. The predicted octanol–water partition coefficient (Wildman–Crippen LogP) is 3.27. The highest BCUT2D eigenvalue weighted by Gasteiger charge is 2.27. The van der Waals surface area contributed by atoms with Crippen LogP contribution in [0.4, 0.5) is 11.4 Å². The summed E-state index contributed by atoms with van der Waals surface area (Å²) < 4.78 is 44.0. The number of carbonyl (C=O) groups is 1. The molecule has 0 aliphatic carbocycles. The first-order valence-electron chi connectivity index (χ1n) is 9.41. The highest BCUT2D eigenvalue weighted by atomic mass is 32.2. The number of hydrogen-bond donors (Lipinski definition) is 2. The molecule has 3 aromatic rings. The van der Waals surface area contributed by atoms with E-state index in [0.717, 1.165) is 0 Å². The lowest BCUT2D eigenvalue weighted by molar-refractivity contribution is -0.125. The minimum absolute atomic E-state index is 0.0625. The standard InChI is InChI=1S/C22H20N2O6S/c1-28-17-10-6-16(7-11-17)24-31(26,27)18-12-8-15(9-13-18)23-22(25)21-14-29-19-4-2-3-5-20(19)30-21/h2-13,21,24H,14H2,1H3,(H,23,25)/t21-/m1/s1. The van der Waals surface area contributed by atoms with Crippen LogP contribution in [-0.4, -0.2) is 34.1 Å². The summed E-state index contributed by atoms with van der Waals surface area (Å²) in [4.78, 5) is 12.6. The molecule has 1 aliphatic heterocycles. The molecule has 1 aliphatic rings. The van der Waals surface area contributed by atoms with Crippen molar-refractivity contribution in [2.75, 3.05) is 23.8 Å². The first kappa shape index (κ1) is 20.5. The van der Waals surface area contributed by atoms with E-state index in [1.54, 1.807) is 42.5 Å². The van der Waals surface area contributed by atoms with Crippen LogP contribution in [-0.2, 0) is 14.8 Å². The molecule has 0 bridgehead atoms. The second-order valence-corrected chi connectivity index (χ2v) is 8.39. The fourth-order valence-corrected chi connectivity index (χ4v) is 4.02. The summed E-state index contributed by atoms with van der Waals surface area (Å²) in [5.74, 6) is 1.32. The van der Waals surface area contributed by atoms with E-state index in [2.05, 4.69) is 10.0 Å². The van der Waals surface area contributed by atoms with Crippen LogP contribution in [0.1, 0.15) is 0 Å². The van der Waals surface area contributed by atoms with Gasteiger partial charge in [0.1, 0.15) is 12.4 Å².